The Labute approximate surface area is 153 Å². The van der Waals surface area contributed by atoms with Crippen LogP contribution in [-0.2, 0) is 0 Å². The molecule has 0 radical (unpaired) electrons. The molecule has 0 atom stereocenters. The Morgan fingerprint density at radius 3 is 2.58 bits per heavy atom. The van der Waals surface area contributed by atoms with Crippen LogP contribution in [0, 0.1) is 6.92 Å². The molecule has 4 nitrogen and oxygen atoms in total. The van der Waals surface area contributed by atoms with Gasteiger partial charge in [-0.2, -0.15) is 0 Å². The lowest BCUT2D eigenvalue weighted by Crippen LogP contribution is -2.15. The molecule has 128 valence electrons. The number of thiophene rings is 1. The average molecular weight is 362 g/mol. The second-order valence-corrected chi connectivity index (χ2v) is 6.77. The number of carbonyl (C=O) groups excluding carboxylic acids is 1. The van der Waals surface area contributed by atoms with Crippen molar-refractivity contribution in [3.05, 3.63) is 86.7 Å². The molecule has 26 heavy (non-hydrogen) atoms. The van der Waals surface area contributed by atoms with Gasteiger partial charge in [0, 0.05) is 5.56 Å². The molecule has 2 heterocycles. The fraction of sp³-hybridized carbons (Fsp3) is 0.0476. The Balaban J connectivity index is 1.94. The molecule has 0 unspecified atom stereocenters. The van der Waals surface area contributed by atoms with Crippen LogP contribution in [0.3, 0.4) is 0 Å². The van der Waals surface area contributed by atoms with E-state index in [4.69, 9.17) is 9.15 Å². The first-order valence-corrected chi connectivity index (χ1v) is 8.90. The molecule has 0 saturated carbocycles. The predicted octanol–water partition coefficient (Wildman–Crippen LogP) is 5.05. The summed E-state index contributed by atoms with van der Waals surface area (Å²) in [7, 11) is 0. The number of hydrogen-bond donors (Lipinski definition) is 0. The van der Waals surface area contributed by atoms with Gasteiger partial charge in [0.2, 0.25) is 11.2 Å². The Kier molecular flexibility index (Phi) is 4.14. The third-order valence-corrected chi connectivity index (χ3v) is 4.81. The van der Waals surface area contributed by atoms with Crippen LogP contribution in [0.5, 0.6) is 5.75 Å². The second kappa shape index (κ2) is 6.61. The molecule has 0 aliphatic heterocycles. The van der Waals surface area contributed by atoms with Crippen molar-refractivity contribution in [3.63, 3.8) is 0 Å². The first-order chi connectivity index (χ1) is 12.6. The summed E-state index contributed by atoms with van der Waals surface area (Å²) in [5.41, 5.74) is 1.68. The van der Waals surface area contributed by atoms with Crippen molar-refractivity contribution in [2.24, 2.45) is 0 Å². The molecule has 4 aromatic rings. The van der Waals surface area contributed by atoms with Gasteiger partial charge in [-0.1, -0.05) is 48.0 Å². The largest absolute Gasteiger partial charge is 0.452 e. The number of carbonyl (C=O) groups is 1. The predicted molar refractivity (Wildman–Crippen MR) is 102 cm³/mol. The van der Waals surface area contributed by atoms with Crippen molar-refractivity contribution in [3.8, 4) is 17.1 Å². The number of fused-ring (bicyclic) bond motifs is 1. The van der Waals surface area contributed by atoms with Crippen LogP contribution in [-0.4, -0.2) is 5.97 Å². The maximum absolute atomic E-state index is 13.0. The third kappa shape index (κ3) is 2.93. The molecule has 0 saturated heterocycles. The fourth-order valence-corrected chi connectivity index (χ4v) is 3.30. The lowest BCUT2D eigenvalue weighted by Gasteiger charge is -2.10. The zero-order chi connectivity index (χ0) is 18.1. The molecule has 2 aromatic carbocycles. The van der Waals surface area contributed by atoms with E-state index in [1.807, 2.05) is 31.2 Å². The van der Waals surface area contributed by atoms with Gasteiger partial charge in [-0.25, -0.2) is 4.79 Å². The number of aryl methyl sites for hydroxylation is 1. The van der Waals surface area contributed by atoms with E-state index in [0.717, 1.165) is 5.56 Å². The van der Waals surface area contributed by atoms with E-state index in [2.05, 4.69) is 0 Å². The van der Waals surface area contributed by atoms with Gasteiger partial charge in [-0.15, -0.1) is 11.3 Å². The number of hydrogen-bond acceptors (Lipinski definition) is 5. The molecular weight excluding hydrogens is 348 g/mol. The summed E-state index contributed by atoms with van der Waals surface area (Å²) in [6.45, 7) is 1.89. The molecule has 0 aliphatic rings. The molecule has 0 aliphatic carbocycles. The summed E-state index contributed by atoms with van der Waals surface area (Å²) >= 11 is 1.26. The van der Waals surface area contributed by atoms with Crippen LogP contribution in [0.4, 0.5) is 0 Å². The highest BCUT2D eigenvalue weighted by molar-refractivity contribution is 7.12. The highest BCUT2D eigenvalue weighted by Crippen LogP contribution is 2.31. The SMILES string of the molecule is Cc1ccc2oc(-c3ccccc3)c(OC(=O)c3cccs3)c(=O)c2c1. The highest BCUT2D eigenvalue weighted by atomic mass is 32.1. The number of rotatable bonds is 3. The number of benzene rings is 2. The average Bonchev–Trinajstić information content (AvgIpc) is 3.20. The van der Waals surface area contributed by atoms with E-state index in [1.165, 1.54) is 11.3 Å². The van der Waals surface area contributed by atoms with Gasteiger partial charge in [0.15, 0.2) is 5.76 Å². The minimum Gasteiger partial charge on any atom is -0.452 e. The Hall–Kier alpha value is -3.18. The number of ether oxygens (including phenoxy) is 1. The van der Waals surface area contributed by atoms with Gasteiger partial charge in [0.1, 0.15) is 10.5 Å². The summed E-state index contributed by atoms with van der Waals surface area (Å²) in [5, 5.41) is 2.17. The van der Waals surface area contributed by atoms with Gasteiger partial charge >= 0.3 is 5.97 Å². The molecule has 5 heteroatoms. The smallest absolute Gasteiger partial charge is 0.353 e. The first-order valence-electron chi connectivity index (χ1n) is 8.02. The lowest BCUT2D eigenvalue weighted by atomic mass is 10.1. The van der Waals surface area contributed by atoms with Crippen molar-refractivity contribution < 1.29 is 13.9 Å². The van der Waals surface area contributed by atoms with Gasteiger partial charge in [0.25, 0.3) is 0 Å². The fourth-order valence-electron chi connectivity index (χ4n) is 2.70. The minimum absolute atomic E-state index is 0.0901. The third-order valence-electron chi connectivity index (χ3n) is 3.96. The Bertz CT molecular complexity index is 1140. The zero-order valence-corrected chi connectivity index (χ0v) is 14.7. The van der Waals surface area contributed by atoms with Crippen molar-refractivity contribution in [1.29, 1.82) is 0 Å². The summed E-state index contributed by atoms with van der Waals surface area (Å²) in [5.74, 6) is -0.416. The normalized spacial score (nSPS) is 10.8. The molecule has 0 bridgehead atoms. The summed E-state index contributed by atoms with van der Waals surface area (Å²) in [6, 6.07) is 17.9. The van der Waals surface area contributed by atoms with Crippen molar-refractivity contribution >= 4 is 28.3 Å². The second-order valence-electron chi connectivity index (χ2n) is 5.82. The van der Waals surface area contributed by atoms with E-state index in [9.17, 15) is 9.59 Å². The van der Waals surface area contributed by atoms with Crippen LogP contribution in [0.25, 0.3) is 22.3 Å². The summed E-state index contributed by atoms with van der Waals surface area (Å²) < 4.78 is 11.4. The van der Waals surface area contributed by atoms with Crippen molar-refractivity contribution in [2.75, 3.05) is 0 Å². The van der Waals surface area contributed by atoms with Gasteiger partial charge < -0.3 is 9.15 Å². The standard InChI is InChI=1S/C21H14O4S/c1-13-9-10-16-15(12-13)18(22)20(25-21(23)17-8-5-11-26-17)19(24-16)14-6-3-2-4-7-14/h2-12H,1H3. The topological polar surface area (TPSA) is 56.5 Å². The molecule has 2 aromatic heterocycles. The summed E-state index contributed by atoms with van der Waals surface area (Å²) in [6.07, 6.45) is 0. The molecule has 0 fully saturated rings. The van der Waals surface area contributed by atoms with Crippen molar-refractivity contribution in [1.82, 2.24) is 0 Å². The van der Waals surface area contributed by atoms with Gasteiger partial charge in [0.05, 0.1) is 5.39 Å². The maximum Gasteiger partial charge on any atom is 0.353 e. The van der Waals surface area contributed by atoms with Crippen LogP contribution in [0.15, 0.2) is 75.3 Å². The quantitative estimate of drug-likeness (QED) is 0.479. The van der Waals surface area contributed by atoms with Gasteiger partial charge in [-0.3, -0.25) is 4.79 Å². The molecule has 0 amide bonds. The molecular formula is C21H14O4S. The Morgan fingerprint density at radius 2 is 1.85 bits per heavy atom. The van der Waals surface area contributed by atoms with E-state index in [0.29, 0.717) is 21.4 Å². The minimum atomic E-state index is -0.573. The van der Waals surface area contributed by atoms with E-state index in [1.54, 1.807) is 41.8 Å². The van der Waals surface area contributed by atoms with Gasteiger partial charge in [-0.05, 0) is 30.5 Å². The monoisotopic (exact) mass is 362 g/mol. The lowest BCUT2D eigenvalue weighted by molar-refractivity contribution is 0.0736. The Morgan fingerprint density at radius 1 is 1.04 bits per heavy atom. The van der Waals surface area contributed by atoms with E-state index >= 15 is 0 Å². The highest BCUT2D eigenvalue weighted by Gasteiger charge is 2.21. The zero-order valence-electron chi connectivity index (χ0n) is 13.9. The molecule has 4 rings (SSSR count). The van der Waals surface area contributed by atoms with Crippen LogP contribution >= 0.6 is 11.3 Å². The number of esters is 1. The van der Waals surface area contributed by atoms with Crippen molar-refractivity contribution in [2.45, 2.75) is 6.92 Å². The van der Waals surface area contributed by atoms with E-state index in [-0.39, 0.29) is 16.9 Å². The maximum atomic E-state index is 13.0. The van der Waals surface area contributed by atoms with Crippen LogP contribution < -0.4 is 10.2 Å². The molecule has 0 N–H and O–H groups in total. The first kappa shape index (κ1) is 16.3. The van der Waals surface area contributed by atoms with Crippen LogP contribution in [0.1, 0.15) is 15.2 Å². The van der Waals surface area contributed by atoms with Crippen LogP contribution in [0.2, 0.25) is 0 Å². The van der Waals surface area contributed by atoms with E-state index < -0.39 is 5.97 Å². The molecule has 0 spiro atoms. The summed E-state index contributed by atoms with van der Waals surface area (Å²) in [4.78, 5) is 25.9.